The van der Waals surface area contributed by atoms with Gasteiger partial charge >= 0.3 is 0 Å². The van der Waals surface area contributed by atoms with Crippen molar-refractivity contribution in [3.63, 3.8) is 0 Å². The second-order valence-corrected chi connectivity index (χ2v) is 4.27. The van der Waals surface area contributed by atoms with Gasteiger partial charge in [0.05, 0.1) is 4.90 Å². The van der Waals surface area contributed by atoms with E-state index in [2.05, 4.69) is 15.9 Å². The van der Waals surface area contributed by atoms with E-state index in [9.17, 15) is 9.00 Å². The van der Waals surface area contributed by atoms with Gasteiger partial charge in [-0.15, -0.1) is 0 Å². The van der Waals surface area contributed by atoms with Gasteiger partial charge < -0.3 is 4.55 Å². The number of hydrogen-bond acceptors (Lipinski definition) is 2. The molecule has 1 unspecified atom stereocenters. The van der Waals surface area contributed by atoms with E-state index in [1.807, 2.05) is 0 Å². The van der Waals surface area contributed by atoms with E-state index in [0.717, 1.165) is 0 Å². The molecule has 13 heavy (non-hydrogen) atoms. The Morgan fingerprint density at radius 1 is 1.54 bits per heavy atom. The first-order chi connectivity index (χ1) is 6.02. The largest absolute Gasteiger partial charge is 0.302 e. The van der Waals surface area contributed by atoms with Gasteiger partial charge in [-0.2, -0.15) is 0 Å². The molecule has 0 aliphatic heterocycles. The van der Waals surface area contributed by atoms with Crippen molar-refractivity contribution in [3.05, 3.63) is 28.2 Å². The van der Waals surface area contributed by atoms with Crippen molar-refractivity contribution < 1.29 is 13.6 Å². The first-order valence-corrected chi connectivity index (χ1v) is 5.33. The standard InChI is InChI=1S/C8H7BrO3S/c1-5(10)7-4-6(13(11)12)2-3-8(7)9/h2-4H,1H3,(H,11,12). The molecule has 0 amide bonds. The maximum Gasteiger partial charge on any atom is 0.186 e. The number of rotatable bonds is 2. The fourth-order valence-corrected chi connectivity index (χ4v) is 1.81. The molecule has 1 aromatic rings. The van der Waals surface area contributed by atoms with Crippen LogP contribution in [0, 0.1) is 0 Å². The Morgan fingerprint density at radius 3 is 2.62 bits per heavy atom. The number of carbonyl (C=O) groups excluding carboxylic acids is 1. The minimum Gasteiger partial charge on any atom is -0.302 e. The van der Waals surface area contributed by atoms with Crippen LogP contribution in [0.4, 0.5) is 0 Å². The molecular formula is C8H7BrO3S. The van der Waals surface area contributed by atoms with E-state index in [1.54, 1.807) is 6.07 Å². The van der Waals surface area contributed by atoms with Crippen molar-refractivity contribution in [1.29, 1.82) is 0 Å². The number of benzene rings is 1. The lowest BCUT2D eigenvalue weighted by Gasteiger charge is -2.01. The van der Waals surface area contributed by atoms with Crippen LogP contribution in [-0.2, 0) is 11.1 Å². The van der Waals surface area contributed by atoms with E-state index in [4.69, 9.17) is 4.55 Å². The highest BCUT2D eigenvalue weighted by molar-refractivity contribution is 9.10. The van der Waals surface area contributed by atoms with E-state index in [-0.39, 0.29) is 10.7 Å². The summed E-state index contributed by atoms with van der Waals surface area (Å²) in [6.07, 6.45) is 0. The molecular weight excluding hydrogens is 256 g/mol. The van der Waals surface area contributed by atoms with Crippen LogP contribution in [0.1, 0.15) is 17.3 Å². The molecule has 1 aromatic carbocycles. The van der Waals surface area contributed by atoms with Crippen LogP contribution in [0.15, 0.2) is 27.6 Å². The fourth-order valence-electron chi connectivity index (χ4n) is 0.883. The Labute approximate surface area is 86.6 Å². The second-order valence-electron chi connectivity index (χ2n) is 2.45. The third-order valence-corrected chi connectivity index (χ3v) is 2.87. The highest BCUT2D eigenvalue weighted by Crippen LogP contribution is 2.20. The van der Waals surface area contributed by atoms with Crippen molar-refractivity contribution in [2.24, 2.45) is 0 Å². The number of Topliss-reactive ketones (excluding diaryl/α,β-unsaturated/α-hetero) is 1. The third-order valence-electron chi connectivity index (χ3n) is 1.52. The van der Waals surface area contributed by atoms with E-state index in [1.165, 1.54) is 19.1 Å². The Kier molecular flexibility index (Phi) is 3.35. The van der Waals surface area contributed by atoms with Crippen LogP contribution < -0.4 is 0 Å². The fraction of sp³-hybridized carbons (Fsp3) is 0.125. The first kappa shape index (κ1) is 10.6. The van der Waals surface area contributed by atoms with Gasteiger partial charge in [-0.3, -0.25) is 4.79 Å². The Hall–Kier alpha value is -0.520. The maximum atomic E-state index is 11.0. The SMILES string of the molecule is CC(=O)c1cc(S(=O)O)ccc1Br. The molecule has 0 aliphatic carbocycles. The van der Waals surface area contributed by atoms with Gasteiger partial charge in [0, 0.05) is 10.0 Å². The molecule has 0 saturated carbocycles. The summed E-state index contributed by atoms with van der Waals surface area (Å²) in [4.78, 5) is 11.3. The molecule has 0 fully saturated rings. The van der Waals surface area contributed by atoms with Crippen LogP contribution in [0.2, 0.25) is 0 Å². The zero-order valence-electron chi connectivity index (χ0n) is 6.78. The van der Waals surface area contributed by atoms with E-state index in [0.29, 0.717) is 10.0 Å². The molecule has 0 bridgehead atoms. The van der Waals surface area contributed by atoms with Gasteiger partial charge in [0.25, 0.3) is 0 Å². The summed E-state index contributed by atoms with van der Waals surface area (Å²) in [5, 5.41) is 0. The van der Waals surface area contributed by atoms with Crippen molar-refractivity contribution in [2.45, 2.75) is 11.8 Å². The number of ketones is 1. The summed E-state index contributed by atoms with van der Waals surface area (Å²) in [5.41, 5.74) is 0.417. The highest BCUT2D eigenvalue weighted by Gasteiger charge is 2.08. The lowest BCUT2D eigenvalue weighted by Crippen LogP contribution is -1.97. The summed E-state index contributed by atoms with van der Waals surface area (Å²) in [7, 11) is 0. The van der Waals surface area contributed by atoms with Crippen molar-refractivity contribution >= 4 is 32.8 Å². The predicted octanol–water partition coefficient (Wildman–Crippen LogP) is 2.23. The zero-order valence-corrected chi connectivity index (χ0v) is 9.18. The molecule has 0 saturated heterocycles. The Balaban J connectivity index is 3.27. The van der Waals surface area contributed by atoms with Gasteiger partial charge in [0.2, 0.25) is 0 Å². The second kappa shape index (κ2) is 4.13. The molecule has 1 rings (SSSR count). The molecule has 0 heterocycles. The molecule has 5 heteroatoms. The quantitative estimate of drug-likeness (QED) is 0.657. The zero-order chi connectivity index (χ0) is 10.0. The van der Waals surface area contributed by atoms with Gasteiger partial charge in [-0.05, 0) is 25.1 Å². The normalized spacial score (nSPS) is 12.5. The van der Waals surface area contributed by atoms with Gasteiger partial charge in [-0.1, -0.05) is 15.9 Å². The first-order valence-electron chi connectivity index (χ1n) is 3.43. The molecule has 0 radical (unpaired) electrons. The van der Waals surface area contributed by atoms with Crippen molar-refractivity contribution in [2.75, 3.05) is 0 Å². The number of hydrogen-bond donors (Lipinski definition) is 1. The monoisotopic (exact) mass is 262 g/mol. The Morgan fingerprint density at radius 2 is 2.15 bits per heavy atom. The molecule has 0 aromatic heterocycles. The maximum absolute atomic E-state index is 11.0. The van der Waals surface area contributed by atoms with Crippen LogP contribution in [-0.4, -0.2) is 14.5 Å². The summed E-state index contributed by atoms with van der Waals surface area (Å²) in [6, 6.07) is 4.48. The minimum atomic E-state index is -2.04. The lowest BCUT2D eigenvalue weighted by molar-refractivity contribution is 0.101. The summed E-state index contributed by atoms with van der Waals surface area (Å²) < 4.78 is 20.1. The lowest BCUT2D eigenvalue weighted by atomic mass is 10.1. The molecule has 3 nitrogen and oxygen atoms in total. The smallest absolute Gasteiger partial charge is 0.186 e. The summed E-state index contributed by atoms with van der Waals surface area (Å²) in [5.74, 6) is -0.140. The Bertz CT molecular complexity index is 376. The number of carbonyl (C=O) groups is 1. The van der Waals surface area contributed by atoms with Gasteiger partial charge in [0.15, 0.2) is 16.9 Å². The van der Waals surface area contributed by atoms with E-state index < -0.39 is 11.1 Å². The topological polar surface area (TPSA) is 54.4 Å². The minimum absolute atomic E-state index is 0.140. The highest BCUT2D eigenvalue weighted by atomic mass is 79.9. The van der Waals surface area contributed by atoms with Crippen LogP contribution >= 0.6 is 15.9 Å². The molecule has 1 atom stereocenters. The van der Waals surface area contributed by atoms with Crippen molar-refractivity contribution in [3.8, 4) is 0 Å². The average Bonchev–Trinajstić information content (AvgIpc) is 2.04. The summed E-state index contributed by atoms with van der Waals surface area (Å²) >= 11 is 1.14. The van der Waals surface area contributed by atoms with Gasteiger partial charge in [-0.25, -0.2) is 4.21 Å². The van der Waals surface area contributed by atoms with Crippen molar-refractivity contribution in [1.82, 2.24) is 0 Å². The average molecular weight is 263 g/mol. The van der Waals surface area contributed by atoms with Crippen LogP contribution in [0.25, 0.3) is 0 Å². The van der Waals surface area contributed by atoms with Crippen LogP contribution in [0.5, 0.6) is 0 Å². The molecule has 0 spiro atoms. The molecule has 0 aliphatic rings. The van der Waals surface area contributed by atoms with E-state index >= 15 is 0 Å². The predicted molar refractivity (Wildman–Crippen MR) is 53.2 cm³/mol. The summed E-state index contributed by atoms with van der Waals surface area (Å²) in [6.45, 7) is 1.41. The molecule has 1 N–H and O–H groups in total. The molecule has 70 valence electrons. The number of halogens is 1. The third kappa shape index (κ3) is 2.46. The van der Waals surface area contributed by atoms with Gasteiger partial charge in [0.1, 0.15) is 0 Å². The van der Waals surface area contributed by atoms with Crippen LogP contribution in [0.3, 0.4) is 0 Å².